The number of aromatic nitrogens is 4. The minimum atomic E-state index is 0.186. The van der Waals surface area contributed by atoms with Crippen molar-refractivity contribution < 1.29 is 0 Å². The van der Waals surface area contributed by atoms with Crippen LogP contribution in [0.1, 0.15) is 44.2 Å². The molecule has 0 saturated heterocycles. The van der Waals surface area contributed by atoms with Gasteiger partial charge in [0.05, 0.1) is 11.8 Å². The van der Waals surface area contributed by atoms with Crippen molar-refractivity contribution in [2.45, 2.75) is 39.2 Å². The highest BCUT2D eigenvalue weighted by Crippen LogP contribution is 2.26. The number of fused-ring (bicyclic) bond motifs is 1. The van der Waals surface area contributed by atoms with Gasteiger partial charge in [-0.15, -0.1) is 0 Å². The molecule has 0 radical (unpaired) electrons. The minimum Gasteiger partial charge on any atom is -0.382 e. The number of nitrogens with zero attached hydrogens (tertiary/aromatic N) is 7. The van der Waals surface area contributed by atoms with Gasteiger partial charge in [0.15, 0.2) is 11.5 Å². The highest BCUT2D eigenvalue weighted by atomic mass is 15.3. The van der Waals surface area contributed by atoms with Crippen LogP contribution in [0.3, 0.4) is 0 Å². The molecule has 9 nitrogen and oxygen atoms in total. The smallest absolute Gasteiger partial charge is 0.164 e. The number of nitrogens with one attached hydrogen (secondary N) is 1. The molecule has 0 bridgehead atoms. The Kier molecular flexibility index (Phi) is 5.89. The molecular formula is C22H25N9. The summed E-state index contributed by atoms with van der Waals surface area (Å²) in [5.41, 5.74) is 3.29. The molecule has 0 aliphatic heterocycles. The molecule has 1 fully saturated rings. The number of aliphatic imine (C=N–C) groups is 1. The van der Waals surface area contributed by atoms with Crippen molar-refractivity contribution in [3.05, 3.63) is 41.9 Å². The van der Waals surface area contributed by atoms with Crippen LogP contribution >= 0.6 is 0 Å². The Morgan fingerprint density at radius 1 is 1.32 bits per heavy atom. The lowest BCUT2D eigenvalue weighted by Crippen LogP contribution is -2.18. The second kappa shape index (κ2) is 8.92. The van der Waals surface area contributed by atoms with Gasteiger partial charge in [-0.3, -0.25) is 4.99 Å². The predicted molar refractivity (Wildman–Crippen MR) is 122 cm³/mol. The normalized spacial score (nSPS) is 14.8. The molecule has 31 heavy (non-hydrogen) atoms. The Morgan fingerprint density at radius 3 is 2.84 bits per heavy atom. The van der Waals surface area contributed by atoms with Crippen molar-refractivity contribution in [3.63, 3.8) is 0 Å². The van der Waals surface area contributed by atoms with Crippen LogP contribution in [0.5, 0.6) is 0 Å². The first-order chi connectivity index (χ1) is 15.1. The Balaban J connectivity index is 1.69. The molecule has 0 spiro atoms. The minimum absolute atomic E-state index is 0.186. The maximum absolute atomic E-state index is 9.09. The first kappa shape index (κ1) is 20.5. The number of hydrogen-bond acceptors (Lipinski definition) is 8. The number of hydrogen-bond donors (Lipinski definition) is 2. The topological polar surface area (TPSA) is 130 Å². The molecule has 4 rings (SSSR count). The fraction of sp³-hybridized carbons (Fsp3) is 0.364. The van der Waals surface area contributed by atoms with Gasteiger partial charge in [0.2, 0.25) is 0 Å². The van der Waals surface area contributed by atoms with Crippen LogP contribution in [0.25, 0.3) is 16.9 Å². The van der Waals surface area contributed by atoms with E-state index in [1.807, 2.05) is 6.07 Å². The van der Waals surface area contributed by atoms with E-state index in [4.69, 9.17) is 11.1 Å². The van der Waals surface area contributed by atoms with Crippen molar-refractivity contribution in [2.24, 2.45) is 21.9 Å². The summed E-state index contributed by atoms with van der Waals surface area (Å²) in [7, 11) is 0. The molecule has 3 aromatic rings. The monoisotopic (exact) mass is 415 g/mol. The zero-order valence-electron chi connectivity index (χ0n) is 17.7. The van der Waals surface area contributed by atoms with E-state index in [0.29, 0.717) is 28.7 Å². The van der Waals surface area contributed by atoms with E-state index in [0.717, 1.165) is 23.2 Å². The van der Waals surface area contributed by atoms with Crippen LogP contribution in [0.4, 0.5) is 5.69 Å². The van der Waals surface area contributed by atoms with Gasteiger partial charge in [0.1, 0.15) is 11.8 Å². The molecule has 0 aromatic carbocycles. The standard InChI is InChI=1S/C22H25N9/c1-14(2)29-19-7-21(31-22-17(11-28-31)6-16(8-23)10-27-22)26-12-18(19)20(30-24)13-25-9-15-4-3-5-15/h6-7,10-15H,3-5,9,24H2,1-2H3,(H,26,29). The molecule has 1 aliphatic rings. The van der Waals surface area contributed by atoms with E-state index in [-0.39, 0.29) is 6.04 Å². The van der Waals surface area contributed by atoms with Gasteiger partial charge in [-0.2, -0.15) is 20.1 Å². The van der Waals surface area contributed by atoms with Gasteiger partial charge < -0.3 is 11.2 Å². The van der Waals surface area contributed by atoms with Crippen LogP contribution in [0, 0.1) is 17.2 Å². The molecule has 0 atom stereocenters. The molecule has 158 valence electrons. The third-order valence-corrected chi connectivity index (χ3v) is 5.30. The zero-order valence-corrected chi connectivity index (χ0v) is 17.7. The molecule has 3 aromatic heterocycles. The molecule has 0 amide bonds. The molecular weight excluding hydrogens is 390 g/mol. The van der Waals surface area contributed by atoms with Crippen LogP contribution in [0.15, 0.2) is 40.8 Å². The quantitative estimate of drug-likeness (QED) is 0.346. The highest BCUT2D eigenvalue weighted by molar-refractivity contribution is 6.39. The zero-order chi connectivity index (χ0) is 21.8. The first-order valence-corrected chi connectivity index (χ1v) is 10.4. The summed E-state index contributed by atoms with van der Waals surface area (Å²) in [6, 6.07) is 5.93. The molecule has 9 heteroatoms. The summed E-state index contributed by atoms with van der Waals surface area (Å²) >= 11 is 0. The Hall–Kier alpha value is -3.80. The average molecular weight is 416 g/mol. The molecule has 0 unspecified atom stereocenters. The lowest BCUT2D eigenvalue weighted by Gasteiger charge is -2.22. The summed E-state index contributed by atoms with van der Waals surface area (Å²) in [5.74, 6) is 6.96. The maximum atomic E-state index is 9.09. The second-order valence-electron chi connectivity index (χ2n) is 8.00. The van der Waals surface area contributed by atoms with E-state index < -0.39 is 0 Å². The third kappa shape index (κ3) is 4.38. The van der Waals surface area contributed by atoms with Crippen LogP contribution in [0.2, 0.25) is 0 Å². The van der Waals surface area contributed by atoms with Crippen molar-refractivity contribution in [3.8, 4) is 11.9 Å². The Morgan fingerprint density at radius 2 is 2.16 bits per heavy atom. The Labute approximate surface area is 180 Å². The number of rotatable bonds is 7. The lowest BCUT2D eigenvalue weighted by atomic mass is 9.86. The summed E-state index contributed by atoms with van der Waals surface area (Å²) in [6.07, 6.45) is 10.4. The number of nitriles is 1. The number of hydrazone groups is 1. The number of pyridine rings is 2. The largest absolute Gasteiger partial charge is 0.382 e. The van der Waals surface area contributed by atoms with Gasteiger partial charge in [-0.05, 0) is 38.7 Å². The van der Waals surface area contributed by atoms with Crippen molar-refractivity contribution in [1.29, 1.82) is 5.26 Å². The predicted octanol–water partition coefficient (Wildman–Crippen LogP) is 3.04. The van der Waals surface area contributed by atoms with Crippen molar-refractivity contribution in [2.75, 3.05) is 11.9 Å². The fourth-order valence-corrected chi connectivity index (χ4v) is 3.48. The molecule has 1 aliphatic carbocycles. The van der Waals surface area contributed by atoms with Crippen LogP contribution in [-0.2, 0) is 0 Å². The van der Waals surface area contributed by atoms with Crippen LogP contribution < -0.4 is 11.2 Å². The maximum Gasteiger partial charge on any atom is 0.164 e. The van der Waals surface area contributed by atoms with E-state index >= 15 is 0 Å². The van der Waals surface area contributed by atoms with Crippen molar-refractivity contribution in [1.82, 2.24) is 19.7 Å². The summed E-state index contributed by atoms with van der Waals surface area (Å²) in [6.45, 7) is 4.91. The third-order valence-electron chi connectivity index (χ3n) is 5.30. The van der Waals surface area contributed by atoms with E-state index in [1.165, 1.54) is 25.5 Å². The Bertz CT molecular complexity index is 1180. The highest BCUT2D eigenvalue weighted by Gasteiger charge is 2.17. The van der Waals surface area contributed by atoms with E-state index in [9.17, 15) is 0 Å². The van der Waals surface area contributed by atoms with Gasteiger partial charge >= 0.3 is 0 Å². The first-order valence-electron chi connectivity index (χ1n) is 10.4. The molecule has 3 heterocycles. The number of anilines is 1. The average Bonchev–Trinajstić information content (AvgIpc) is 3.15. The molecule has 1 saturated carbocycles. The van der Waals surface area contributed by atoms with E-state index in [2.05, 4.69) is 50.4 Å². The summed E-state index contributed by atoms with van der Waals surface area (Å²) < 4.78 is 1.65. The lowest BCUT2D eigenvalue weighted by molar-refractivity contribution is 0.327. The molecule has 3 N–H and O–H groups in total. The van der Waals surface area contributed by atoms with Gasteiger partial charge in [-0.25, -0.2) is 9.97 Å². The summed E-state index contributed by atoms with van der Waals surface area (Å²) in [5, 5.41) is 21.7. The van der Waals surface area contributed by atoms with Gasteiger partial charge in [0.25, 0.3) is 0 Å². The van der Waals surface area contributed by atoms with Gasteiger partial charge in [-0.1, -0.05) is 6.42 Å². The van der Waals surface area contributed by atoms with Crippen molar-refractivity contribution >= 4 is 28.6 Å². The van der Waals surface area contributed by atoms with Crippen LogP contribution in [-0.4, -0.2) is 44.3 Å². The SMILES string of the molecule is CC(C)Nc1cc(-n2ncc3cc(C#N)cnc32)ncc1C(C=NCC1CCC1)=NN. The number of nitrogens with two attached hydrogens (primary N) is 1. The summed E-state index contributed by atoms with van der Waals surface area (Å²) in [4.78, 5) is 13.5. The fourth-order valence-electron chi connectivity index (χ4n) is 3.48. The second-order valence-corrected chi connectivity index (χ2v) is 8.00. The van der Waals surface area contributed by atoms with Gasteiger partial charge in [0, 0.05) is 53.9 Å². The van der Waals surface area contributed by atoms with E-state index in [1.54, 1.807) is 29.4 Å².